The SMILES string of the molecule is CC1OCCN(C(=O)c2ccccc2Br)C1C. The number of rotatable bonds is 1. The highest BCUT2D eigenvalue weighted by Gasteiger charge is 2.30. The van der Waals surface area contributed by atoms with E-state index in [9.17, 15) is 4.79 Å². The van der Waals surface area contributed by atoms with E-state index in [2.05, 4.69) is 15.9 Å². The van der Waals surface area contributed by atoms with Gasteiger partial charge in [-0.3, -0.25) is 4.79 Å². The molecule has 2 atom stereocenters. The number of amides is 1. The third kappa shape index (κ3) is 2.53. The summed E-state index contributed by atoms with van der Waals surface area (Å²) < 4.78 is 6.37. The number of morpholine rings is 1. The summed E-state index contributed by atoms with van der Waals surface area (Å²) in [4.78, 5) is 14.3. The molecule has 3 nitrogen and oxygen atoms in total. The molecular weight excluding hydrogens is 282 g/mol. The second-order valence-corrected chi connectivity index (χ2v) is 5.15. The van der Waals surface area contributed by atoms with Crippen LogP contribution in [0.1, 0.15) is 24.2 Å². The molecule has 0 aliphatic carbocycles. The lowest BCUT2D eigenvalue weighted by Gasteiger charge is -2.38. The predicted molar refractivity (Wildman–Crippen MR) is 70.1 cm³/mol. The normalized spacial score (nSPS) is 24.8. The topological polar surface area (TPSA) is 29.5 Å². The van der Waals surface area contributed by atoms with Crippen molar-refractivity contribution >= 4 is 21.8 Å². The van der Waals surface area contributed by atoms with Gasteiger partial charge in [0.05, 0.1) is 24.3 Å². The van der Waals surface area contributed by atoms with Gasteiger partial charge in [0.25, 0.3) is 5.91 Å². The molecule has 17 heavy (non-hydrogen) atoms. The van der Waals surface area contributed by atoms with E-state index >= 15 is 0 Å². The molecule has 1 saturated heterocycles. The molecule has 0 radical (unpaired) electrons. The van der Waals surface area contributed by atoms with Crippen LogP contribution in [0.25, 0.3) is 0 Å². The smallest absolute Gasteiger partial charge is 0.255 e. The molecule has 1 fully saturated rings. The standard InChI is InChI=1S/C13H16BrNO2/c1-9-10(2)17-8-7-15(9)13(16)11-5-3-4-6-12(11)14/h3-6,9-10H,7-8H2,1-2H3. The molecule has 0 bridgehead atoms. The van der Waals surface area contributed by atoms with Crippen molar-refractivity contribution in [1.29, 1.82) is 0 Å². The molecule has 92 valence electrons. The number of hydrogen-bond donors (Lipinski definition) is 0. The molecule has 1 aliphatic heterocycles. The molecule has 4 heteroatoms. The van der Waals surface area contributed by atoms with Crippen molar-refractivity contribution in [2.24, 2.45) is 0 Å². The van der Waals surface area contributed by atoms with Crippen LogP contribution in [0.4, 0.5) is 0 Å². The summed E-state index contributed by atoms with van der Waals surface area (Å²) in [7, 11) is 0. The number of nitrogens with zero attached hydrogens (tertiary/aromatic N) is 1. The third-order valence-corrected chi connectivity index (χ3v) is 3.94. The van der Waals surface area contributed by atoms with Gasteiger partial charge in [-0.25, -0.2) is 0 Å². The maximum atomic E-state index is 12.4. The average molecular weight is 298 g/mol. The van der Waals surface area contributed by atoms with Gasteiger partial charge in [-0.15, -0.1) is 0 Å². The zero-order chi connectivity index (χ0) is 12.4. The number of carbonyl (C=O) groups excluding carboxylic acids is 1. The summed E-state index contributed by atoms with van der Waals surface area (Å²) in [5.41, 5.74) is 0.716. The summed E-state index contributed by atoms with van der Waals surface area (Å²) in [5.74, 6) is 0.0696. The number of halogens is 1. The van der Waals surface area contributed by atoms with Gasteiger partial charge in [-0.1, -0.05) is 12.1 Å². The molecule has 0 N–H and O–H groups in total. The van der Waals surface area contributed by atoms with E-state index in [1.54, 1.807) is 0 Å². The van der Waals surface area contributed by atoms with Gasteiger partial charge in [-0.05, 0) is 41.9 Å². The lowest BCUT2D eigenvalue weighted by molar-refractivity contribution is -0.0440. The maximum absolute atomic E-state index is 12.4. The molecule has 1 amide bonds. The highest BCUT2D eigenvalue weighted by Crippen LogP contribution is 2.21. The lowest BCUT2D eigenvalue weighted by atomic mass is 10.1. The molecule has 1 aromatic rings. The molecular formula is C13H16BrNO2. The Morgan fingerprint density at radius 1 is 1.41 bits per heavy atom. The minimum absolute atomic E-state index is 0.0696. The Balaban J connectivity index is 2.23. The predicted octanol–water partition coefficient (Wildman–Crippen LogP) is 2.70. The zero-order valence-corrected chi connectivity index (χ0v) is 11.6. The van der Waals surface area contributed by atoms with E-state index in [0.29, 0.717) is 18.7 Å². The first kappa shape index (κ1) is 12.6. The Morgan fingerprint density at radius 2 is 2.12 bits per heavy atom. The van der Waals surface area contributed by atoms with Crippen LogP contribution in [0.3, 0.4) is 0 Å². The molecule has 2 rings (SSSR count). The lowest BCUT2D eigenvalue weighted by Crippen LogP contribution is -2.51. The third-order valence-electron chi connectivity index (χ3n) is 3.25. The first-order chi connectivity index (χ1) is 8.11. The average Bonchev–Trinajstić information content (AvgIpc) is 2.32. The largest absolute Gasteiger partial charge is 0.375 e. The maximum Gasteiger partial charge on any atom is 0.255 e. The van der Waals surface area contributed by atoms with E-state index in [1.165, 1.54) is 0 Å². The number of ether oxygens (including phenoxy) is 1. The summed E-state index contributed by atoms with van der Waals surface area (Å²) in [5, 5.41) is 0. The van der Waals surface area contributed by atoms with Crippen molar-refractivity contribution in [3.8, 4) is 0 Å². The Morgan fingerprint density at radius 3 is 2.82 bits per heavy atom. The summed E-state index contributed by atoms with van der Waals surface area (Å²) in [6, 6.07) is 7.64. The quantitative estimate of drug-likeness (QED) is 0.798. The fraction of sp³-hybridized carbons (Fsp3) is 0.462. The zero-order valence-electron chi connectivity index (χ0n) is 10.0. The van der Waals surface area contributed by atoms with Crippen molar-refractivity contribution in [2.75, 3.05) is 13.2 Å². The molecule has 0 aromatic heterocycles. The second-order valence-electron chi connectivity index (χ2n) is 4.29. The summed E-state index contributed by atoms with van der Waals surface area (Å²) in [6.45, 7) is 5.30. The molecule has 0 saturated carbocycles. The highest BCUT2D eigenvalue weighted by molar-refractivity contribution is 9.10. The van der Waals surface area contributed by atoms with Gasteiger partial charge < -0.3 is 9.64 Å². The van der Waals surface area contributed by atoms with Gasteiger partial charge in [0.15, 0.2) is 0 Å². The van der Waals surface area contributed by atoms with Crippen molar-refractivity contribution in [3.63, 3.8) is 0 Å². The first-order valence-corrected chi connectivity index (χ1v) is 6.57. The first-order valence-electron chi connectivity index (χ1n) is 5.78. The van der Waals surface area contributed by atoms with Crippen LogP contribution >= 0.6 is 15.9 Å². The summed E-state index contributed by atoms with van der Waals surface area (Å²) >= 11 is 3.42. The van der Waals surface area contributed by atoms with Crippen molar-refractivity contribution in [1.82, 2.24) is 4.90 Å². The van der Waals surface area contributed by atoms with Crippen LogP contribution in [-0.4, -0.2) is 36.1 Å². The van der Waals surface area contributed by atoms with Crippen molar-refractivity contribution in [2.45, 2.75) is 26.0 Å². The van der Waals surface area contributed by atoms with E-state index in [-0.39, 0.29) is 18.1 Å². The summed E-state index contributed by atoms with van der Waals surface area (Å²) in [6.07, 6.45) is 0.0928. The van der Waals surface area contributed by atoms with Gasteiger partial charge in [0.2, 0.25) is 0 Å². The molecule has 2 unspecified atom stereocenters. The van der Waals surface area contributed by atoms with Crippen LogP contribution in [0, 0.1) is 0 Å². The van der Waals surface area contributed by atoms with E-state index in [4.69, 9.17) is 4.74 Å². The van der Waals surface area contributed by atoms with Crippen LogP contribution < -0.4 is 0 Å². The van der Waals surface area contributed by atoms with Crippen LogP contribution in [0.5, 0.6) is 0 Å². The van der Waals surface area contributed by atoms with Crippen molar-refractivity contribution < 1.29 is 9.53 Å². The van der Waals surface area contributed by atoms with Gasteiger partial charge in [0.1, 0.15) is 0 Å². The fourth-order valence-corrected chi connectivity index (χ4v) is 2.46. The molecule has 1 heterocycles. The van der Waals surface area contributed by atoms with Gasteiger partial charge in [-0.2, -0.15) is 0 Å². The van der Waals surface area contributed by atoms with Crippen LogP contribution in [0.2, 0.25) is 0 Å². The number of benzene rings is 1. The Labute approximate surface area is 110 Å². The van der Waals surface area contributed by atoms with Crippen LogP contribution in [0.15, 0.2) is 28.7 Å². The van der Waals surface area contributed by atoms with E-state index in [0.717, 1.165) is 4.47 Å². The second kappa shape index (κ2) is 5.19. The van der Waals surface area contributed by atoms with Gasteiger partial charge in [0, 0.05) is 11.0 Å². The number of carbonyl (C=O) groups is 1. The molecule has 0 spiro atoms. The number of hydrogen-bond acceptors (Lipinski definition) is 2. The van der Waals surface area contributed by atoms with Gasteiger partial charge >= 0.3 is 0 Å². The Kier molecular flexibility index (Phi) is 3.84. The Bertz CT molecular complexity index is 422. The molecule has 1 aliphatic rings. The minimum atomic E-state index is 0.0696. The minimum Gasteiger partial charge on any atom is -0.375 e. The van der Waals surface area contributed by atoms with Crippen LogP contribution in [-0.2, 0) is 4.74 Å². The van der Waals surface area contributed by atoms with E-state index in [1.807, 2.05) is 43.0 Å². The fourth-order valence-electron chi connectivity index (χ4n) is 2.01. The van der Waals surface area contributed by atoms with E-state index < -0.39 is 0 Å². The molecule has 1 aromatic carbocycles. The van der Waals surface area contributed by atoms with Crippen molar-refractivity contribution in [3.05, 3.63) is 34.3 Å². The highest BCUT2D eigenvalue weighted by atomic mass is 79.9. The Hall–Kier alpha value is -0.870. The monoisotopic (exact) mass is 297 g/mol.